The average molecular weight is 500 g/mol. The van der Waals surface area contributed by atoms with E-state index in [0.717, 1.165) is 29.7 Å². The molecule has 2 aromatic carbocycles. The van der Waals surface area contributed by atoms with E-state index in [9.17, 15) is 26.0 Å². The summed E-state index contributed by atoms with van der Waals surface area (Å²) in [7, 11) is -7.97. The minimum Gasteiger partial charge on any atom is -0.299 e. The molecule has 0 saturated heterocycles. The first-order valence-corrected chi connectivity index (χ1v) is 13.2. The van der Waals surface area contributed by atoms with Crippen molar-refractivity contribution < 1.29 is 26.0 Å². The molecule has 3 rings (SSSR count). The lowest BCUT2D eigenvalue weighted by Crippen LogP contribution is -2.45. The van der Waals surface area contributed by atoms with Gasteiger partial charge in [-0.05, 0) is 24.1 Å². The largest absolute Gasteiger partial charge is 0.299 e. The summed E-state index contributed by atoms with van der Waals surface area (Å²) >= 11 is 0.747. The van der Waals surface area contributed by atoms with Crippen molar-refractivity contribution in [1.82, 2.24) is 14.9 Å². The molecule has 0 aliphatic heterocycles. The van der Waals surface area contributed by atoms with E-state index in [-0.39, 0.29) is 16.7 Å². The third-order valence-corrected chi connectivity index (χ3v) is 6.90. The van der Waals surface area contributed by atoms with E-state index in [4.69, 9.17) is 0 Å². The SMILES string of the molecule is CS(=O)(=O)Nc1nnc(NC(=O)[C@H](Cc2ccccc2)NS(=O)(=O)c2ccccc2F)s1. The Kier molecular flexibility index (Phi) is 7.18. The van der Waals surface area contributed by atoms with Crippen LogP contribution in [0.3, 0.4) is 0 Å². The fourth-order valence-electron chi connectivity index (χ4n) is 2.62. The second kappa shape index (κ2) is 9.68. The van der Waals surface area contributed by atoms with Crippen LogP contribution in [0, 0.1) is 5.82 Å². The summed E-state index contributed by atoms with van der Waals surface area (Å²) in [5, 5.41) is 9.56. The zero-order valence-electron chi connectivity index (χ0n) is 16.5. The van der Waals surface area contributed by atoms with E-state index in [0.29, 0.717) is 5.56 Å². The van der Waals surface area contributed by atoms with Crippen LogP contribution in [0.1, 0.15) is 5.56 Å². The van der Waals surface area contributed by atoms with Gasteiger partial charge in [0, 0.05) is 0 Å². The molecular formula is C18H18FN5O5S3. The molecule has 0 aliphatic rings. The van der Waals surface area contributed by atoms with Crippen LogP contribution in [-0.4, -0.2) is 45.2 Å². The van der Waals surface area contributed by atoms with Gasteiger partial charge < -0.3 is 0 Å². The van der Waals surface area contributed by atoms with Crippen LogP contribution >= 0.6 is 11.3 Å². The molecule has 3 aromatic rings. The van der Waals surface area contributed by atoms with Crippen LogP contribution in [0.15, 0.2) is 59.5 Å². The van der Waals surface area contributed by atoms with Crippen LogP contribution in [0.4, 0.5) is 14.7 Å². The number of carbonyl (C=O) groups is 1. The molecule has 1 aromatic heterocycles. The summed E-state index contributed by atoms with van der Waals surface area (Å²) in [5.74, 6) is -1.74. The molecule has 0 spiro atoms. The van der Waals surface area contributed by atoms with Crippen LogP contribution < -0.4 is 14.8 Å². The lowest BCUT2D eigenvalue weighted by atomic mass is 10.1. The summed E-state index contributed by atoms with van der Waals surface area (Å²) in [6.07, 6.45) is 0.896. The summed E-state index contributed by atoms with van der Waals surface area (Å²) in [6.45, 7) is 0. The quantitative estimate of drug-likeness (QED) is 0.405. The Balaban J connectivity index is 1.84. The number of benzene rings is 2. The number of sulfonamides is 2. The summed E-state index contributed by atoms with van der Waals surface area (Å²) in [5.41, 5.74) is 0.653. The van der Waals surface area contributed by atoms with Gasteiger partial charge in [-0.25, -0.2) is 21.2 Å². The number of carbonyl (C=O) groups excluding carboxylic acids is 1. The van der Waals surface area contributed by atoms with Crippen molar-refractivity contribution >= 4 is 47.6 Å². The predicted octanol–water partition coefficient (Wildman–Crippen LogP) is 1.58. The van der Waals surface area contributed by atoms with Crippen molar-refractivity contribution in [2.75, 3.05) is 16.3 Å². The van der Waals surface area contributed by atoms with Gasteiger partial charge in [-0.15, -0.1) is 10.2 Å². The van der Waals surface area contributed by atoms with E-state index >= 15 is 0 Å². The third-order valence-electron chi connectivity index (χ3n) is 3.95. The van der Waals surface area contributed by atoms with E-state index in [1.807, 2.05) is 0 Å². The van der Waals surface area contributed by atoms with Crippen LogP contribution in [0.5, 0.6) is 0 Å². The summed E-state index contributed by atoms with van der Waals surface area (Å²) < 4.78 is 66.5. The molecule has 0 radical (unpaired) electrons. The highest BCUT2D eigenvalue weighted by atomic mass is 32.2. The van der Waals surface area contributed by atoms with E-state index in [1.54, 1.807) is 30.3 Å². The van der Waals surface area contributed by atoms with Gasteiger partial charge in [0.1, 0.15) is 16.8 Å². The Morgan fingerprint density at radius 1 is 1.00 bits per heavy atom. The maximum atomic E-state index is 14.1. The normalized spacial score (nSPS) is 12.8. The molecule has 10 nitrogen and oxygen atoms in total. The number of aromatic nitrogens is 2. The zero-order valence-corrected chi connectivity index (χ0v) is 19.0. The molecule has 0 unspecified atom stereocenters. The van der Waals surface area contributed by atoms with Crippen LogP contribution in [0.2, 0.25) is 0 Å². The van der Waals surface area contributed by atoms with Crippen LogP contribution in [0.25, 0.3) is 0 Å². The monoisotopic (exact) mass is 499 g/mol. The highest BCUT2D eigenvalue weighted by Gasteiger charge is 2.28. The Morgan fingerprint density at radius 3 is 2.28 bits per heavy atom. The number of halogens is 1. The molecule has 170 valence electrons. The highest BCUT2D eigenvalue weighted by molar-refractivity contribution is 7.92. The Morgan fingerprint density at radius 2 is 1.62 bits per heavy atom. The number of rotatable bonds is 9. The number of hydrogen-bond acceptors (Lipinski definition) is 8. The first kappa shape index (κ1) is 23.7. The molecule has 0 aliphatic carbocycles. The minimum atomic E-state index is -4.38. The fraction of sp³-hybridized carbons (Fsp3) is 0.167. The van der Waals surface area contributed by atoms with Crippen molar-refractivity contribution in [3.8, 4) is 0 Å². The Labute approximate surface area is 188 Å². The van der Waals surface area contributed by atoms with Gasteiger partial charge >= 0.3 is 0 Å². The molecular weight excluding hydrogens is 481 g/mol. The van der Waals surface area contributed by atoms with Gasteiger partial charge in [0.05, 0.1) is 6.26 Å². The molecule has 32 heavy (non-hydrogen) atoms. The molecule has 1 amide bonds. The minimum absolute atomic E-state index is 0.0341. The summed E-state index contributed by atoms with van der Waals surface area (Å²) in [4.78, 5) is 12.3. The molecule has 1 heterocycles. The molecule has 0 bridgehead atoms. The third kappa shape index (κ3) is 6.53. The van der Waals surface area contributed by atoms with E-state index < -0.39 is 42.7 Å². The van der Waals surface area contributed by atoms with Gasteiger partial charge in [0.25, 0.3) is 0 Å². The van der Waals surface area contributed by atoms with Gasteiger partial charge in [-0.2, -0.15) is 4.72 Å². The van der Waals surface area contributed by atoms with Crippen molar-refractivity contribution in [2.45, 2.75) is 17.4 Å². The maximum Gasteiger partial charge on any atom is 0.244 e. The molecule has 1 atom stereocenters. The first-order chi connectivity index (χ1) is 15.0. The van der Waals surface area contributed by atoms with Crippen LogP contribution in [-0.2, 0) is 31.3 Å². The van der Waals surface area contributed by atoms with Crippen molar-refractivity contribution in [1.29, 1.82) is 0 Å². The lowest BCUT2D eigenvalue weighted by Gasteiger charge is -2.18. The smallest absolute Gasteiger partial charge is 0.244 e. The lowest BCUT2D eigenvalue weighted by molar-refractivity contribution is -0.117. The Bertz CT molecular complexity index is 1310. The van der Waals surface area contributed by atoms with Gasteiger partial charge in [0.2, 0.25) is 36.2 Å². The molecule has 3 N–H and O–H groups in total. The second-order valence-electron chi connectivity index (χ2n) is 6.57. The van der Waals surface area contributed by atoms with E-state index in [1.165, 1.54) is 12.1 Å². The van der Waals surface area contributed by atoms with E-state index in [2.05, 4.69) is 25.0 Å². The second-order valence-corrected chi connectivity index (χ2v) is 11.0. The highest BCUT2D eigenvalue weighted by Crippen LogP contribution is 2.21. The number of nitrogens with zero attached hydrogens (tertiary/aromatic N) is 2. The fourth-order valence-corrected chi connectivity index (χ4v) is 5.37. The van der Waals surface area contributed by atoms with Crippen molar-refractivity contribution in [3.63, 3.8) is 0 Å². The predicted molar refractivity (Wildman–Crippen MR) is 118 cm³/mol. The van der Waals surface area contributed by atoms with Gasteiger partial charge in [-0.3, -0.25) is 14.8 Å². The molecule has 14 heteroatoms. The maximum absolute atomic E-state index is 14.1. The number of amides is 1. The van der Waals surface area contributed by atoms with Crippen molar-refractivity contribution in [3.05, 3.63) is 66.0 Å². The number of nitrogens with one attached hydrogen (secondary N) is 3. The van der Waals surface area contributed by atoms with Crippen molar-refractivity contribution in [2.24, 2.45) is 0 Å². The zero-order chi connectivity index (χ0) is 23.4. The molecule has 0 fully saturated rings. The van der Waals surface area contributed by atoms with Gasteiger partial charge in [0.15, 0.2) is 0 Å². The average Bonchev–Trinajstić information content (AvgIpc) is 3.13. The first-order valence-electron chi connectivity index (χ1n) is 8.96. The number of hydrogen-bond donors (Lipinski definition) is 3. The summed E-state index contributed by atoms with van der Waals surface area (Å²) in [6, 6.07) is 12.1. The Hall–Kier alpha value is -2.94. The number of anilines is 2. The topological polar surface area (TPSA) is 147 Å². The standard InChI is InChI=1S/C18H18FN5O5S3/c1-31(26,27)24-18-22-21-17(30-18)20-16(25)14(11-12-7-3-2-4-8-12)23-32(28,29)15-10-6-5-9-13(15)19/h2-10,14,23H,11H2,1H3,(H,22,24)(H,20,21,25)/t14-/m0/s1. The van der Waals surface area contributed by atoms with Gasteiger partial charge in [-0.1, -0.05) is 53.8 Å². The molecule has 0 saturated carbocycles.